The van der Waals surface area contributed by atoms with Crippen LogP contribution >= 0.6 is 0 Å². The fraction of sp³-hybridized carbons (Fsp3) is 0.143. The summed E-state index contributed by atoms with van der Waals surface area (Å²) in [5, 5.41) is 20.0. The summed E-state index contributed by atoms with van der Waals surface area (Å²) in [6, 6.07) is 10.0. The van der Waals surface area contributed by atoms with Gasteiger partial charge in [0.2, 0.25) is 0 Å². The van der Waals surface area contributed by atoms with Crippen LogP contribution in [0.1, 0.15) is 24.4 Å². The molecule has 2 aromatic carbocycles. The molecule has 1 unspecified atom stereocenters. The van der Waals surface area contributed by atoms with Gasteiger partial charge in [-0.25, -0.2) is 24.1 Å². The van der Waals surface area contributed by atoms with Gasteiger partial charge in [-0.15, -0.1) is 0 Å². The number of carbonyl (C=O) groups is 1. The highest BCUT2D eigenvalue weighted by molar-refractivity contribution is 5.97. The Bertz CT molecular complexity index is 1130. The maximum absolute atomic E-state index is 13.2. The molecule has 0 radical (unpaired) electrons. The first-order valence-corrected chi connectivity index (χ1v) is 8.94. The number of nitrogens with zero attached hydrogens (tertiary/aromatic N) is 3. The standard InChI is InChI=1S/C21H19FN4O4/c1-2-3-17(23)25-20-15-9-8-14(30-11-18(27)28)10-16(15)24-21(26-20)19(29)12-4-6-13(22)7-5-12/h2-10,19,29H,11H2,1H3,(H,27,28)(H2,23,24,25,26). The zero-order chi connectivity index (χ0) is 21.7. The zero-order valence-electron chi connectivity index (χ0n) is 16.0. The molecule has 0 aliphatic carbocycles. The number of carboxylic acids is 1. The van der Waals surface area contributed by atoms with Crippen molar-refractivity contribution in [3.63, 3.8) is 0 Å². The second-order valence-corrected chi connectivity index (χ2v) is 6.26. The van der Waals surface area contributed by atoms with Crippen LogP contribution in [0.5, 0.6) is 5.75 Å². The van der Waals surface area contributed by atoms with Crippen molar-refractivity contribution in [1.29, 1.82) is 0 Å². The average molecular weight is 410 g/mol. The van der Waals surface area contributed by atoms with E-state index in [9.17, 15) is 14.3 Å². The van der Waals surface area contributed by atoms with Gasteiger partial charge in [-0.05, 0) is 42.8 Å². The van der Waals surface area contributed by atoms with Gasteiger partial charge in [-0.1, -0.05) is 18.2 Å². The second-order valence-electron chi connectivity index (χ2n) is 6.26. The molecule has 3 rings (SSSR count). The van der Waals surface area contributed by atoms with Gasteiger partial charge in [0.25, 0.3) is 0 Å². The van der Waals surface area contributed by atoms with E-state index in [-0.39, 0.29) is 23.2 Å². The average Bonchev–Trinajstić information content (AvgIpc) is 2.72. The van der Waals surface area contributed by atoms with Crippen molar-refractivity contribution < 1.29 is 24.1 Å². The highest BCUT2D eigenvalue weighted by Gasteiger charge is 2.17. The Morgan fingerprint density at radius 1 is 1.27 bits per heavy atom. The highest BCUT2D eigenvalue weighted by atomic mass is 19.1. The number of ether oxygens (including phenoxy) is 1. The van der Waals surface area contributed by atoms with Crippen LogP contribution in [-0.4, -0.2) is 38.6 Å². The first-order chi connectivity index (χ1) is 14.4. The molecule has 154 valence electrons. The number of aliphatic hydroxyl groups is 1. The van der Waals surface area contributed by atoms with Crippen LogP contribution in [0.25, 0.3) is 10.9 Å². The number of allylic oxidation sites excluding steroid dienone is 1. The minimum atomic E-state index is -1.24. The molecule has 4 N–H and O–H groups in total. The molecule has 9 heteroatoms. The van der Waals surface area contributed by atoms with Crippen molar-refractivity contribution in [3.8, 4) is 5.75 Å². The molecule has 0 spiro atoms. The molecular formula is C21H19FN4O4. The van der Waals surface area contributed by atoms with Crippen molar-refractivity contribution in [2.75, 3.05) is 6.61 Å². The summed E-state index contributed by atoms with van der Waals surface area (Å²) in [5.41, 5.74) is 6.65. The Morgan fingerprint density at radius 2 is 2.00 bits per heavy atom. The predicted molar refractivity (Wildman–Crippen MR) is 109 cm³/mol. The molecule has 3 aromatic rings. The maximum atomic E-state index is 13.2. The first kappa shape index (κ1) is 20.9. The van der Waals surface area contributed by atoms with E-state index in [2.05, 4.69) is 15.0 Å². The topological polar surface area (TPSA) is 131 Å². The summed E-state index contributed by atoms with van der Waals surface area (Å²) in [5.74, 6) is -0.828. The fourth-order valence-corrected chi connectivity index (χ4v) is 2.68. The monoisotopic (exact) mass is 410 g/mol. The van der Waals surface area contributed by atoms with Gasteiger partial charge < -0.3 is 20.7 Å². The molecule has 0 bridgehead atoms. The molecule has 8 nitrogen and oxygen atoms in total. The van der Waals surface area contributed by atoms with Crippen molar-refractivity contribution >= 4 is 28.5 Å². The maximum Gasteiger partial charge on any atom is 0.341 e. The third-order valence-corrected chi connectivity index (χ3v) is 4.03. The molecule has 0 aliphatic heterocycles. The lowest BCUT2D eigenvalue weighted by molar-refractivity contribution is -0.139. The van der Waals surface area contributed by atoms with Crippen LogP contribution in [0, 0.1) is 5.82 Å². The van der Waals surface area contributed by atoms with Crippen LogP contribution in [0.3, 0.4) is 0 Å². The molecule has 1 aromatic heterocycles. The number of nitrogens with two attached hydrogens (primary N) is 1. The molecule has 0 aliphatic rings. The van der Waals surface area contributed by atoms with E-state index in [1.54, 1.807) is 31.2 Å². The summed E-state index contributed by atoms with van der Waals surface area (Å²) in [4.78, 5) is 23.7. The second kappa shape index (κ2) is 9.10. The van der Waals surface area contributed by atoms with Crippen molar-refractivity contribution in [1.82, 2.24) is 9.97 Å². The van der Waals surface area contributed by atoms with Crippen LogP contribution in [0.4, 0.5) is 10.2 Å². The molecule has 30 heavy (non-hydrogen) atoms. The summed E-state index contributed by atoms with van der Waals surface area (Å²) in [7, 11) is 0. The van der Waals surface area contributed by atoms with Crippen molar-refractivity contribution in [2.24, 2.45) is 10.7 Å². The van der Waals surface area contributed by atoms with Gasteiger partial charge in [0.15, 0.2) is 18.2 Å². The number of hydrogen-bond donors (Lipinski definition) is 3. The molecular weight excluding hydrogens is 391 g/mol. The van der Waals surface area contributed by atoms with Gasteiger partial charge in [-0.3, -0.25) is 0 Å². The SMILES string of the molecule is CC=CC(N)=Nc1nc(C(O)c2ccc(F)cc2)nc2cc(OCC(=O)O)ccc12. The quantitative estimate of drug-likeness (QED) is 0.403. The molecule has 0 fully saturated rings. The van der Waals surface area contributed by atoms with Crippen LogP contribution in [0.15, 0.2) is 59.6 Å². The summed E-state index contributed by atoms with van der Waals surface area (Å²) < 4.78 is 18.4. The van der Waals surface area contributed by atoms with E-state index in [0.29, 0.717) is 16.5 Å². The Kier molecular flexibility index (Phi) is 6.33. The predicted octanol–water partition coefficient (Wildman–Crippen LogP) is 2.88. The number of amidine groups is 1. The van der Waals surface area contributed by atoms with Crippen LogP contribution in [-0.2, 0) is 4.79 Å². The normalized spacial score (nSPS) is 13.0. The van der Waals surface area contributed by atoms with E-state index in [0.717, 1.165) is 0 Å². The molecule has 0 amide bonds. The number of aliphatic carboxylic acids is 1. The number of rotatable bonds is 7. The number of aliphatic imine (C=N–C) groups is 1. The third kappa shape index (κ3) is 4.95. The van der Waals surface area contributed by atoms with E-state index in [4.69, 9.17) is 15.6 Å². The number of fused-ring (bicyclic) bond motifs is 1. The first-order valence-electron chi connectivity index (χ1n) is 8.94. The number of benzene rings is 2. The van der Waals surface area contributed by atoms with E-state index >= 15 is 0 Å². The highest BCUT2D eigenvalue weighted by Crippen LogP contribution is 2.30. The van der Waals surface area contributed by atoms with Gasteiger partial charge >= 0.3 is 5.97 Å². The Labute approximate surface area is 171 Å². The summed E-state index contributed by atoms with van der Waals surface area (Å²) in [6.07, 6.45) is 2.07. The molecule has 1 atom stereocenters. The van der Waals surface area contributed by atoms with Gasteiger partial charge in [0.05, 0.1) is 5.52 Å². The summed E-state index contributed by atoms with van der Waals surface area (Å²) >= 11 is 0. The van der Waals surface area contributed by atoms with E-state index in [1.807, 2.05) is 0 Å². The molecule has 0 saturated carbocycles. The Hall–Kier alpha value is -3.85. The van der Waals surface area contributed by atoms with Crippen LogP contribution < -0.4 is 10.5 Å². The number of hydrogen-bond acceptors (Lipinski definition) is 6. The summed E-state index contributed by atoms with van der Waals surface area (Å²) in [6.45, 7) is 1.27. The van der Waals surface area contributed by atoms with Crippen molar-refractivity contribution in [3.05, 3.63) is 71.8 Å². The zero-order valence-corrected chi connectivity index (χ0v) is 16.0. The lowest BCUT2D eigenvalue weighted by atomic mass is 10.1. The van der Waals surface area contributed by atoms with E-state index in [1.165, 1.54) is 30.3 Å². The smallest absolute Gasteiger partial charge is 0.341 e. The van der Waals surface area contributed by atoms with Crippen LogP contribution in [0.2, 0.25) is 0 Å². The number of aliphatic hydroxyl groups excluding tert-OH is 1. The molecule has 1 heterocycles. The minimum absolute atomic E-state index is 0.0246. The largest absolute Gasteiger partial charge is 0.482 e. The Morgan fingerprint density at radius 3 is 2.67 bits per heavy atom. The fourth-order valence-electron chi connectivity index (χ4n) is 2.68. The minimum Gasteiger partial charge on any atom is -0.482 e. The number of aromatic nitrogens is 2. The lowest BCUT2D eigenvalue weighted by Crippen LogP contribution is -2.10. The van der Waals surface area contributed by atoms with Gasteiger partial charge in [-0.2, -0.15) is 0 Å². The van der Waals surface area contributed by atoms with Gasteiger partial charge in [0, 0.05) is 11.5 Å². The lowest BCUT2D eigenvalue weighted by Gasteiger charge is -2.13. The van der Waals surface area contributed by atoms with Crippen molar-refractivity contribution in [2.45, 2.75) is 13.0 Å². The number of halogens is 1. The van der Waals surface area contributed by atoms with Gasteiger partial charge in [0.1, 0.15) is 23.5 Å². The van der Waals surface area contributed by atoms with E-state index < -0.39 is 24.5 Å². The molecule has 0 saturated heterocycles. The third-order valence-electron chi connectivity index (χ3n) is 4.03. The number of carboxylic acid groups (broad SMARTS) is 1. The Balaban J connectivity index is 2.12.